The molecule has 4 heteroatoms. The van der Waals surface area contributed by atoms with Crippen molar-refractivity contribution in [2.45, 2.75) is 25.8 Å². The molecule has 1 aromatic carbocycles. The molecule has 0 aromatic heterocycles. The fourth-order valence-electron chi connectivity index (χ4n) is 3.23. The molecule has 0 bridgehead atoms. The molecule has 0 radical (unpaired) electrons. The number of hydrogen-bond acceptors (Lipinski definition) is 2. The van der Waals surface area contributed by atoms with Crippen molar-refractivity contribution >= 4 is 6.08 Å². The van der Waals surface area contributed by atoms with Crippen molar-refractivity contribution in [1.29, 1.82) is 0 Å². The number of nitrogens with zero attached hydrogens (tertiary/aromatic N) is 1. The lowest BCUT2D eigenvalue weighted by Crippen LogP contribution is -3.00. The second-order valence-corrected chi connectivity index (χ2v) is 6.32. The summed E-state index contributed by atoms with van der Waals surface area (Å²) in [4.78, 5) is 0. The number of ether oxygens (including phenoxy) is 2. The zero-order chi connectivity index (χ0) is 13.6. The Hall–Kier alpha value is -0.750. The highest BCUT2D eigenvalue weighted by molar-refractivity contribution is 5.69. The van der Waals surface area contributed by atoms with Gasteiger partial charge in [-0.2, -0.15) is 0 Å². The van der Waals surface area contributed by atoms with Gasteiger partial charge in [0.05, 0.1) is 21.1 Å². The molecule has 0 spiro atoms. The van der Waals surface area contributed by atoms with Crippen LogP contribution < -0.4 is 33.5 Å². The summed E-state index contributed by atoms with van der Waals surface area (Å²) >= 11 is 0. The molecule has 1 unspecified atom stereocenters. The minimum atomic E-state index is 0. The number of hydrogen-bond donors (Lipinski definition) is 0. The monoisotopic (exact) mass is 387 g/mol. The normalized spacial score (nSPS) is 19.4. The Kier molecular flexibility index (Phi) is 4.35. The van der Waals surface area contributed by atoms with Crippen LogP contribution in [0, 0.1) is 0 Å². The fraction of sp³-hybridized carbons (Fsp3) is 0.500. The zero-order valence-electron chi connectivity index (χ0n) is 12.6. The Labute approximate surface area is 138 Å². The Morgan fingerprint density at radius 1 is 1.15 bits per heavy atom. The molecule has 0 fully saturated rings. The number of rotatable bonds is 3. The summed E-state index contributed by atoms with van der Waals surface area (Å²) in [5.41, 5.74) is 4.19. The van der Waals surface area contributed by atoms with Crippen molar-refractivity contribution in [3.8, 4) is 11.5 Å². The van der Waals surface area contributed by atoms with Gasteiger partial charge in [-0.1, -0.05) is 13.3 Å². The van der Waals surface area contributed by atoms with E-state index >= 15 is 0 Å². The SMILES string of the molecule is CCCC1=Cc2cc3c(cc2C1[N+](C)(C)C)OCO3.[I-]. The van der Waals surface area contributed by atoms with Gasteiger partial charge in [0.15, 0.2) is 11.5 Å². The summed E-state index contributed by atoms with van der Waals surface area (Å²) in [6, 6.07) is 4.73. The minimum absolute atomic E-state index is 0. The average molecular weight is 387 g/mol. The van der Waals surface area contributed by atoms with Gasteiger partial charge < -0.3 is 37.9 Å². The molecule has 3 nitrogen and oxygen atoms in total. The van der Waals surface area contributed by atoms with Crippen LogP contribution in [0.5, 0.6) is 11.5 Å². The van der Waals surface area contributed by atoms with Crippen LogP contribution in [0.2, 0.25) is 0 Å². The van der Waals surface area contributed by atoms with E-state index in [4.69, 9.17) is 9.47 Å². The smallest absolute Gasteiger partial charge is 0.231 e. The van der Waals surface area contributed by atoms with Gasteiger partial charge in [0.1, 0.15) is 6.04 Å². The molecule has 1 aliphatic carbocycles. The molecule has 0 N–H and O–H groups in total. The van der Waals surface area contributed by atoms with E-state index < -0.39 is 0 Å². The van der Waals surface area contributed by atoms with Crippen molar-refractivity contribution in [3.63, 3.8) is 0 Å². The molecular weight excluding hydrogens is 365 g/mol. The average Bonchev–Trinajstić information content (AvgIpc) is 2.87. The van der Waals surface area contributed by atoms with Crippen LogP contribution in [-0.4, -0.2) is 32.4 Å². The van der Waals surface area contributed by atoms with Crippen molar-refractivity contribution in [1.82, 2.24) is 0 Å². The summed E-state index contributed by atoms with van der Waals surface area (Å²) in [6.07, 6.45) is 4.68. The highest BCUT2D eigenvalue weighted by Gasteiger charge is 2.36. The third-order valence-electron chi connectivity index (χ3n) is 3.88. The quantitative estimate of drug-likeness (QED) is 0.551. The molecule has 110 valence electrons. The first-order valence-corrected chi connectivity index (χ1v) is 6.96. The van der Waals surface area contributed by atoms with Crippen LogP contribution in [0.3, 0.4) is 0 Å². The maximum Gasteiger partial charge on any atom is 0.231 e. The van der Waals surface area contributed by atoms with Gasteiger partial charge >= 0.3 is 0 Å². The third kappa shape index (κ3) is 2.55. The molecule has 0 saturated carbocycles. The molecule has 2 aliphatic rings. The first kappa shape index (κ1) is 15.6. The van der Waals surface area contributed by atoms with Crippen molar-refractivity contribution in [2.24, 2.45) is 0 Å². The first-order chi connectivity index (χ1) is 9.00. The largest absolute Gasteiger partial charge is 1.00 e. The molecule has 20 heavy (non-hydrogen) atoms. The van der Waals surface area contributed by atoms with E-state index in [0.29, 0.717) is 12.8 Å². The number of likely N-dealkylation sites (N-methyl/N-ethyl adjacent to an activating group) is 1. The Morgan fingerprint density at radius 2 is 1.80 bits per heavy atom. The van der Waals surface area contributed by atoms with Gasteiger partial charge in [0, 0.05) is 5.56 Å². The van der Waals surface area contributed by atoms with E-state index in [-0.39, 0.29) is 24.0 Å². The molecule has 1 heterocycles. The van der Waals surface area contributed by atoms with E-state index in [2.05, 4.69) is 46.3 Å². The number of fused-ring (bicyclic) bond motifs is 2. The van der Waals surface area contributed by atoms with Crippen molar-refractivity contribution in [3.05, 3.63) is 28.8 Å². The maximum atomic E-state index is 5.53. The van der Waals surface area contributed by atoms with Crippen LogP contribution >= 0.6 is 0 Å². The summed E-state index contributed by atoms with van der Waals surface area (Å²) in [6.45, 7) is 2.58. The molecular formula is C16H22INO2. The van der Waals surface area contributed by atoms with Crippen LogP contribution in [0.15, 0.2) is 17.7 Å². The molecule has 3 rings (SSSR count). The van der Waals surface area contributed by atoms with Crippen LogP contribution in [-0.2, 0) is 0 Å². The van der Waals surface area contributed by atoms with Gasteiger partial charge in [-0.05, 0) is 35.8 Å². The van der Waals surface area contributed by atoms with E-state index in [1.54, 1.807) is 0 Å². The lowest BCUT2D eigenvalue weighted by molar-refractivity contribution is -0.896. The van der Waals surface area contributed by atoms with Crippen LogP contribution in [0.4, 0.5) is 0 Å². The number of halogens is 1. The fourth-order valence-corrected chi connectivity index (χ4v) is 3.23. The topological polar surface area (TPSA) is 18.5 Å². The van der Waals surface area contributed by atoms with Gasteiger partial charge in [-0.25, -0.2) is 0 Å². The van der Waals surface area contributed by atoms with E-state index in [9.17, 15) is 0 Å². The molecule has 0 amide bonds. The summed E-state index contributed by atoms with van der Waals surface area (Å²) in [5, 5.41) is 0. The Balaban J connectivity index is 0.00000147. The van der Waals surface area contributed by atoms with Crippen molar-refractivity contribution < 1.29 is 37.9 Å². The van der Waals surface area contributed by atoms with Crippen LogP contribution in [0.1, 0.15) is 36.9 Å². The maximum absolute atomic E-state index is 5.53. The predicted octanol–water partition coefficient (Wildman–Crippen LogP) is 0.364. The lowest BCUT2D eigenvalue weighted by Gasteiger charge is -2.34. The van der Waals surface area contributed by atoms with Gasteiger partial charge in [-0.3, -0.25) is 0 Å². The predicted molar refractivity (Wildman–Crippen MR) is 76.2 cm³/mol. The van der Waals surface area contributed by atoms with Crippen LogP contribution in [0.25, 0.3) is 6.08 Å². The summed E-state index contributed by atoms with van der Waals surface area (Å²) < 4.78 is 11.9. The first-order valence-electron chi connectivity index (χ1n) is 6.96. The second kappa shape index (κ2) is 5.56. The second-order valence-electron chi connectivity index (χ2n) is 6.32. The minimum Gasteiger partial charge on any atom is -1.00 e. The molecule has 1 aromatic rings. The Morgan fingerprint density at radius 3 is 2.40 bits per heavy atom. The van der Waals surface area contributed by atoms with Crippen molar-refractivity contribution in [2.75, 3.05) is 27.9 Å². The highest BCUT2D eigenvalue weighted by Crippen LogP contribution is 2.47. The Bertz CT molecular complexity index is 546. The summed E-state index contributed by atoms with van der Waals surface area (Å²) in [5.74, 6) is 1.77. The van der Waals surface area contributed by atoms with Gasteiger partial charge in [0.2, 0.25) is 6.79 Å². The number of benzene rings is 1. The zero-order valence-corrected chi connectivity index (χ0v) is 14.7. The highest BCUT2D eigenvalue weighted by atomic mass is 127. The van der Waals surface area contributed by atoms with Gasteiger partial charge in [-0.15, -0.1) is 0 Å². The van der Waals surface area contributed by atoms with E-state index in [0.717, 1.165) is 22.4 Å². The van der Waals surface area contributed by atoms with E-state index in [1.807, 2.05) is 0 Å². The standard InChI is InChI=1S/C16H22NO2.HI/c1-5-6-11-7-12-8-14-15(19-10-18-14)9-13(12)16(11)17(2,3)4;/h7-9,16H,5-6,10H2,1-4H3;1H/q+1;/p-1. The molecule has 0 saturated heterocycles. The third-order valence-corrected chi connectivity index (χ3v) is 3.88. The molecule has 1 atom stereocenters. The molecule has 1 aliphatic heterocycles. The summed E-state index contributed by atoms with van der Waals surface area (Å²) in [7, 11) is 6.77. The lowest BCUT2D eigenvalue weighted by atomic mass is 9.98. The van der Waals surface area contributed by atoms with E-state index in [1.165, 1.54) is 23.1 Å². The number of quaternary nitrogens is 1. The van der Waals surface area contributed by atoms with Gasteiger partial charge in [0.25, 0.3) is 0 Å².